The lowest BCUT2D eigenvalue weighted by atomic mass is 10.2. The van der Waals surface area contributed by atoms with Crippen LogP contribution in [0.3, 0.4) is 0 Å². The monoisotopic (exact) mass is 419 g/mol. The van der Waals surface area contributed by atoms with Crippen LogP contribution in [0.1, 0.15) is 30.6 Å². The molecule has 0 bridgehead atoms. The number of amides is 1. The molecule has 8 heteroatoms. The van der Waals surface area contributed by atoms with E-state index in [2.05, 4.69) is 15.9 Å². The van der Waals surface area contributed by atoms with Crippen molar-refractivity contribution in [2.45, 2.75) is 25.5 Å². The Balaban J connectivity index is 2.84. The van der Waals surface area contributed by atoms with Gasteiger partial charge in [0.05, 0.1) is 6.61 Å². The third-order valence-corrected chi connectivity index (χ3v) is 5.48. The summed E-state index contributed by atoms with van der Waals surface area (Å²) in [5.74, 6) is -0.978. The molecule has 0 aliphatic carbocycles. The highest BCUT2D eigenvalue weighted by molar-refractivity contribution is 9.10. The summed E-state index contributed by atoms with van der Waals surface area (Å²) in [4.78, 5) is 25.9. The van der Waals surface area contributed by atoms with Crippen LogP contribution in [0.2, 0.25) is 0 Å². The van der Waals surface area contributed by atoms with E-state index in [1.165, 1.54) is 4.90 Å². The summed E-state index contributed by atoms with van der Waals surface area (Å²) in [6.07, 6.45) is 1.01. The molecule has 0 spiro atoms. The number of rotatable bonds is 8. The van der Waals surface area contributed by atoms with Crippen molar-refractivity contribution in [2.24, 2.45) is 0 Å². The smallest absolute Gasteiger partial charge is 0.324 e. The fraction of sp³-hybridized carbons (Fsp3) is 0.500. The van der Waals surface area contributed by atoms with E-state index in [0.29, 0.717) is 12.1 Å². The zero-order valence-electron chi connectivity index (χ0n) is 14.0. The molecule has 1 unspecified atom stereocenters. The maximum absolute atomic E-state index is 12.5. The minimum Gasteiger partial charge on any atom is -0.465 e. The lowest BCUT2D eigenvalue weighted by molar-refractivity contribution is -0.142. The normalized spacial score (nSPS) is 12.5. The van der Waals surface area contributed by atoms with Gasteiger partial charge in [-0.25, -0.2) is 8.42 Å². The van der Waals surface area contributed by atoms with Gasteiger partial charge in [0.1, 0.15) is 0 Å². The average Bonchev–Trinajstić information content (AvgIpc) is 2.50. The second-order valence-electron chi connectivity index (χ2n) is 5.25. The van der Waals surface area contributed by atoms with Gasteiger partial charge in [-0.1, -0.05) is 15.9 Å². The molecule has 0 saturated carbocycles. The summed E-state index contributed by atoms with van der Waals surface area (Å²) in [7, 11) is -3.60. The number of benzene rings is 1. The molecule has 0 N–H and O–H groups in total. The summed E-state index contributed by atoms with van der Waals surface area (Å²) in [5.41, 5.74) is 0.507. The van der Waals surface area contributed by atoms with Crippen LogP contribution in [0, 0.1) is 0 Å². The first kappa shape index (κ1) is 20.6. The minimum atomic E-state index is -3.60. The van der Waals surface area contributed by atoms with Crippen LogP contribution in [-0.2, 0) is 19.4 Å². The van der Waals surface area contributed by atoms with Crippen molar-refractivity contribution in [3.8, 4) is 0 Å². The molecular formula is C16H22BrNO5S. The number of hydrogen-bond acceptors (Lipinski definition) is 5. The van der Waals surface area contributed by atoms with Gasteiger partial charge in [0.25, 0.3) is 5.91 Å². The van der Waals surface area contributed by atoms with Gasteiger partial charge in [0.15, 0.2) is 15.1 Å². The molecule has 1 aromatic rings. The Kier molecular flexibility index (Phi) is 7.89. The number of esters is 1. The highest BCUT2D eigenvalue weighted by Crippen LogP contribution is 2.14. The number of carbonyl (C=O) groups excluding carboxylic acids is 2. The highest BCUT2D eigenvalue weighted by atomic mass is 79.9. The zero-order chi connectivity index (χ0) is 18.3. The molecule has 0 saturated heterocycles. The molecule has 0 aliphatic heterocycles. The van der Waals surface area contributed by atoms with Crippen LogP contribution in [-0.4, -0.2) is 56.4 Å². The van der Waals surface area contributed by atoms with Gasteiger partial charge in [-0.2, -0.15) is 0 Å². The maximum atomic E-state index is 12.5. The largest absolute Gasteiger partial charge is 0.465 e. The van der Waals surface area contributed by atoms with E-state index >= 15 is 0 Å². The van der Waals surface area contributed by atoms with Crippen molar-refractivity contribution in [3.05, 3.63) is 34.3 Å². The molecular weight excluding hydrogens is 398 g/mol. The zero-order valence-corrected chi connectivity index (χ0v) is 16.4. The number of nitrogens with zero attached hydrogens (tertiary/aromatic N) is 1. The van der Waals surface area contributed by atoms with E-state index in [1.807, 2.05) is 0 Å². The van der Waals surface area contributed by atoms with Crippen molar-refractivity contribution in [1.29, 1.82) is 0 Å². The van der Waals surface area contributed by atoms with Crippen LogP contribution >= 0.6 is 15.9 Å². The topological polar surface area (TPSA) is 80.8 Å². The van der Waals surface area contributed by atoms with Crippen molar-refractivity contribution in [1.82, 2.24) is 4.90 Å². The van der Waals surface area contributed by atoms with Crippen LogP contribution in [0.4, 0.5) is 0 Å². The minimum absolute atomic E-state index is 0.00771. The molecule has 0 heterocycles. The predicted octanol–water partition coefficient (Wildman–Crippen LogP) is 2.28. The first-order chi connectivity index (χ1) is 11.2. The molecule has 24 heavy (non-hydrogen) atoms. The van der Waals surface area contributed by atoms with Crippen molar-refractivity contribution in [3.63, 3.8) is 0 Å². The quantitative estimate of drug-likeness (QED) is 0.603. The summed E-state index contributed by atoms with van der Waals surface area (Å²) in [6.45, 7) is 4.10. The Bertz CT molecular complexity index is 672. The third kappa shape index (κ3) is 5.90. The summed E-state index contributed by atoms with van der Waals surface area (Å²) >= 11 is 3.31. The summed E-state index contributed by atoms with van der Waals surface area (Å²) in [6, 6.07) is 6.90. The van der Waals surface area contributed by atoms with Crippen LogP contribution < -0.4 is 0 Å². The van der Waals surface area contributed by atoms with Crippen molar-refractivity contribution < 1.29 is 22.7 Å². The first-order valence-corrected chi connectivity index (χ1v) is 10.4. The third-order valence-electron chi connectivity index (χ3n) is 3.49. The molecule has 1 atom stereocenters. The molecule has 6 nitrogen and oxygen atoms in total. The van der Waals surface area contributed by atoms with Gasteiger partial charge in [0, 0.05) is 29.4 Å². The molecule has 0 radical (unpaired) electrons. The van der Waals surface area contributed by atoms with Gasteiger partial charge < -0.3 is 9.64 Å². The predicted molar refractivity (Wildman–Crippen MR) is 95.6 cm³/mol. The van der Waals surface area contributed by atoms with E-state index in [4.69, 9.17) is 4.74 Å². The fourth-order valence-corrected chi connectivity index (χ4v) is 3.41. The maximum Gasteiger partial charge on any atom is 0.324 e. The SMILES string of the molecule is CCOC(=O)C(CCN(CC)C(=O)c1ccc(Br)cc1)S(C)(=O)=O. The molecule has 134 valence electrons. The standard InChI is InChI=1S/C16H22BrNO5S/c1-4-18(15(19)12-6-8-13(17)9-7-12)11-10-14(24(3,21)22)16(20)23-5-2/h6-9,14H,4-5,10-11H2,1-3H3. The second kappa shape index (κ2) is 9.17. The second-order valence-corrected chi connectivity index (χ2v) is 8.39. The van der Waals surface area contributed by atoms with Crippen molar-refractivity contribution in [2.75, 3.05) is 26.0 Å². The van der Waals surface area contributed by atoms with Gasteiger partial charge in [-0.3, -0.25) is 9.59 Å². The van der Waals surface area contributed by atoms with Gasteiger partial charge in [-0.15, -0.1) is 0 Å². The molecule has 1 amide bonds. The Morgan fingerprint density at radius 3 is 2.25 bits per heavy atom. The van der Waals surface area contributed by atoms with Gasteiger partial charge in [-0.05, 0) is 44.5 Å². The lowest BCUT2D eigenvalue weighted by Crippen LogP contribution is -2.38. The van der Waals surface area contributed by atoms with E-state index in [1.54, 1.807) is 38.1 Å². The fourth-order valence-electron chi connectivity index (χ4n) is 2.19. The highest BCUT2D eigenvalue weighted by Gasteiger charge is 2.31. The summed E-state index contributed by atoms with van der Waals surface area (Å²) in [5, 5.41) is -1.26. The number of halogens is 1. The van der Waals surface area contributed by atoms with Crippen LogP contribution in [0.5, 0.6) is 0 Å². The molecule has 0 fully saturated rings. The molecule has 1 rings (SSSR count). The Morgan fingerprint density at radius 1 is 1.21 bits per heavy atom. The number of sulfone groups is 1. The van der Waals surface area contributed by atoms with Gasteiger partial charge >= 0.3 is 5.97 Å². The Morgan fingerprint density at radius 2 is 1.79 bits per heavy atom. The first-order valence-electron chi connectivity index (χ1n) is 7.61. The van der Waals surface area contributed by atoms with E-state index in [9.17, 15) is 18.0 Å². The Hall–Kier alpha value is -1.41. The molecule has 0 aliphatic rings. The Labute approximate surface area is 151 Å². The van der Waals surface area contributed by atoms with Crippen LogP contribution in [0.25, 0.3) is 0 Å². The summed E-state index contributed by atoms with van der Waals surface area (Å²) < 4.78 is 29.3. The number of ether oxygens (including phenoxy) is 1. The molecule has 0 aromatic heterocycles. The van der Waals surface area contributed by atoms with Gasteiger partial charge in [0.2, 0.25) is 0 Å². The average molecular weight is 420 g/mol. The molecule has 1 aromatic carbocycles. The van der Waals surface area contributed by atoms with Crippen LogP contribution in [0.15, 0.2) is 28.7 Å². The van der Waals surface area contributed by atoms with E-state index in [-0.39, 0.29) is 25.5 Å². The van der Waals surface area contributed by atoms with E-state index in [0.717, 1.165) is 10.7 Å². The number of hydrogen-bond donors (Lipinski definition) is 0. The lowest BCUT2D eigenvalue weighted by Gasteiger charge is -2.23. The number of carbonyl (C=O) groups is 2. The van der Waals surface area contributed by atoms with Crippen molar-refractivity contribution >= 4 is 37.6 Å². The van der Waals surface area contributed by atoms with E-state index < -0.39 is 21.1 Å².